The van der Waals surface area contributed by atoms with E-state index in [0.29, 0.717) is 0 Å². The summed E-state index contributed by atoms with van der Waals surface area (Å²) in [6, 6.07) is 0. The molecule has 0 radical (unpaired) electrons. The maximum atomic E-state index is 10.3. The number of carbonyl (C=O) groups is 1. The Bertz CT molecular complexity index is 147. The molecule has 0 spiro atoms. The summed E-state index contributed by atoms with van der Waals surface area (Å²) in [5.74, 6) is -0.195. The molecule has 0 fully saturated rings. The van der Waals surface area contributed by atoms with Gasteiger partial charge in [-0.2, -0.15) is 0 Å². The molecule has 6 heteroatoms. The molecule has 0 aliphatic heterocycles. The standard InChI is InChI=1S/C4H11NOSi.2O.Ti/c1-4(2,7)3(5)6;;;/h1-2,7H3,(H2,5,6);;;. The van der Waals surface area contributed by atoms with Gasteiger partial charge in [0, 0.05) is 15.3 Å². The Hall–Kier alpha value is 0.00117. The minimum absolute atomic E-state index is 0.195. The summed E-state index contributed by atoms with van der Waals surface area (Å²) in [4.78, 5) is 10.3. The van der Waals surface area contributed by atoms with Crippen molar-refractivity contribution in [3.05, 3.63) is 0 Å². The van der Waals surface area contributed by atoms with Crippen LogP contribution in [0.5, 0.6) is 0 Å². The molecule has 0 aromatic carbocycles. The third-order valence-electron chi connectivity index (χ3n) is 0.739. The number of rotatable bonds is 1. The summed E-state index contributed by atoms with van der Waals surface area (Å²) in [6.45, 7) is 3.70. The van der Waals surface area contributed by atoms with Crippen LogP contribution in [-0.2, 0) is 30.5 Å². The molecule has 0 aliphatic carbocycles. The second-order valence-electron chi connectivity index (χ2n) is 2.70. The molecule has 2 N–H and O–H groups in total. The van der Waals surface area contributed by atoms with Gasteiger partial charge in [-0.25, -0.2) is 0 Å². The van der Waals surface area contributed by atoms with Crippen LogP contribution in [0.25, 0.3) is 0 Å². The summed E-state index contributed by atoms with van der Waals surface area (Å²) >= 11 is -2.00. The molecule has 0 atom stereocenters. The van der Waals surface area contributed by atoms with Gasteiger partial charge in [0.1, 0.15) is 0 Å². The molecule has 0 saturated carbocycles. The average Bonchev–Trinajstić information content (AvgIpc) is 1.64. The number of primary amides is 1. The fraction of sp³-hybridized carbons (Fsp3) is 0.750. The fourth-order valence-electron chi connectivity index (χ4n) is 0. The molecule has 0 unspecified atom stereocenters. The third-order valence-corrected chi connectivity index (χ3v) is 1.23. The van der Waals surface area contributed by atoms with Crippen LogP contribution in [0, 0.1) is 0 Å². The molecular weight excluding hydrogens is 186 g/mol. The van der Waals surface area contributed by atoms with Crippen molar-refractivity contribution in [1.82, 2.24) is 0 Å². The number of nitrogens with two attached hydrogens (primary N) is 1. The van der Waals surface area contributed by atoms with Crippen molar-refractivity contribution >= 4 is 16.1 Å². The van der Waals surface area contributed by atoms with Gasteiger partial charge in [-0.15, -0.1) is 0 Å². The average molecular weight is 197 g/mol. The van der Waals surface area contributed by atoms with Crippen molar-refractivity contribution in [2.24, 2.45) is 5.73 Å². The van der Waals surface area contributed by atoms with Gasteiger partial charge in [0.2, 0.25) is 5.91 Å². The number of hydrogen-bond acceptors (Lipinski definition) is 3. The Morgan fingerprint density at radius 2 is 1.60 bits per heavy atom. The zero-order chi connectivity index (χ0) is 8.78. The van der Waals surface area contributed by atoms with Crippen LogP contribution >= 0.6 is 0 Å². The van der Waals surface area contributed by atoms with Gasteiger partial charge >= 0.3 is 25.7 Å². The van der Waals surface area contributed by atoms with Crippen LogP contribution < -0.4 is 5.73 Å². The van der Waals surface area contributed by atoms with E-state index in [4.69, 9.17) is 12.4 Å². The Balaban J connectivity index is 0. The fourth-order valence-corrected chi connectivity index (χ4v) is 0. The first-order valence-corrected chi connectivity index (χ1v) is 4.93. The van der Waals surface area contributed by atoms with Gasteiger partial charge < -0.3 is 5.73 Å². The van der Waals surface area contributed by atoms with E-state index in [2.05, 4.69) is 0 Å². The Labute approximate surface area is 71.5 Å². The van der Waals surface area contributed by atoms with Crippen molar-refractivity contribution in [2.75, 3.05) is 0 Å². The molecule has 4 nitrogen and oxygen atoms in total. The molecule has 0 saturated heterocycles. The molecule has 0 rings (SSSR count). The third kappa shape index (κ3) is 10.9. The van der Waals surface area contributed by atoms with Crippen LogP contribution in [0.3, 0.4) is 0 Å². The summed E-state index contributed by atoms with van der Waals surface area (Å²) < 4.78 is 17.0. The summed E-state index contributed by atoms with van der Waals surface area (Å²) in [7, 11) is 0.838. The van der Waals surface area contributed by atoms with Crippen LogP contribution in [0.4, 0.5) is 0 Å². The Kier molecular flexibility index (Phi) is 7.29. The molecule has 0 aliphatic rings. The zero-order valence-corrected chi connectivity index (χ0v) is 9.86. The number of hydrogen-bond donors (Lipinski definition) is 1. The molecule has 10 heavy (non-hydrogen) atoms. The van der Waals surface area contributed by atoms with Gasteiger partial charge in [0.15, 0.2) is 0 Å². The molecule has 1 amide bonds. The summed E-state index contributed by atoms with van der Waals surface area (Å²) in [6.07, 6.45) is 0. The predicted molar refractivity (Wildman–Crippen MR) is 34.5 cm³/mol. The molecule has 0 aromatic heterocycles. The van der Waals surface area contributed by atoms with Gasteiger partial charge in [-0.3, -0.25) is 4.79 Å². The maximum absolute atomic E-state index is 10.3. The summed E-state index contributed by atoms with van der Waals surface area (Å²) in [5.41, 5.74) is 4.97. The minimum atomic E-state index is -2.00. The van der Waals surface area contributed by atoms with Crippen LogP contribution in [0.15, 0.2) is 0 Å². The Morgan fingerprint density at radius 1 is 1.50 bits per heavy atom. The summed E-state index contributed by atoms with van der Waals surface area (Å²) in [5, 5.41) is -0.222. The van der Waals surface area contributed by atoms with Crippen LogP contribution in [0.1, 0.15) is 13.8 Å². The first-order valence-electron chi connectivity index (χ1n) is 2.65. The number of carbonyl (C=O) groups excluding carboxylic acids is 1. The number of amides is 1. The second kappa shape index (κ2) is 5.76. The van der Waals surface area contributed by atoms with Crippen molar-refractivity contribution in [3.8, 4) is 0 Å². The molecule has 0 bridgehead atoms. The zero-order valence-electron chi connectivity index (χ0n) is 6.30. The van der Waals surface area contributed by atoms with Crippen molar-refractivity contribution in [2.45, 2.75) is 18.9 Å². The van der Waals surface area contributed by atoms with Crippen LogP contribution in [0.2, 0.25) is 5.04 Å². The van der Waals surface area contributed by atoms with E-state index in [1.54, 1.807) is 0 Å². The molecule has 0 aromatic rings. The topological polar surface area (TPSA) is 77.2 Å². The van der Waals surface area contributed by atoms with Crippen molar-refractivity contribution in [3.63, 3.8) is 0 Å². The van der Waals surface area contributed by atoms with Crippen molar-refractivity contribution in [1.29, 1.82) is 0 Å². The van der Waals surface area contributed by atoms with Gasteiger partial charge in [-0.05, 0) is 0 Å². The van der Waals surface area contributed by atoms with Crippen molar-refractivity contribution < 1.29 is 30.5 Å². The normalized spacial score (nSPS) is 9.00. The van der Waals surface area contributed by atoms with E-state index in [-0.39, 0.29) is 10.9 Å². The van der Waals surface area contributed by atoms with E-state index in [0.717, 1.165) is 10.2 Å². The first kappa shape index (κ1) is 12.7. The van der Waals surface area contributed by atoms with E-state index >= 15 is 0 Å². The predicted octanol–water partition coefficient (Wildman–Crippen LogP) is -1.20. The van der Waals surface area contributed by atoms with E-state index in [1.807, 2.05) is 13.8 Å². The first-order chi connectivity index (χ1) is 4.36. The molecule has 58 valence electrons. The quantitative estimate of drug-likeness (QED) is 0.536. The SMILES string of the molecule is CC(C)([SiH3])C(N)=O.[O]=[Ti]=[O]. The van der Waals surface area contributed by atoms with Gasteiger partial charge in [0.25, 0.3) is 0 Å². The monoisotopic (exact) mass is 197 g/mol. The molecule has 0 heterocycles. The van der Waals surface area contributed by atoms with Gasteiger partial charge in [0.05, 0.1) is 0 Å². The van der Waals surface area contributed by atoms with E-state index in [1.165, 1.54) is 0 Å². The van der Waals surface area contributed by atoms with Gasteiger partial charge in [-0.1, -0.05) is 13.8 Å². The molecular formula is C4H11NO3SiTi. The van der Waals surface area contributed by atoms with Crippen LogP contribution in [-0.4, -0.2) is 16.1 Å². The Morgan fingerprint density at radius 3 is 1.60 bits per heavy atom. The van der Waals surface area contributed by atoms with E-state index in [9.17, 15) is 4.79 Å². The second-order valence-corrected chi connectivity index (χ2v) is 5.46. The van der Waals surface area contributed by atoms with E-state index < -0.39 is 19.1 Å².